The van der Waals surface area contributed by atoms with E-state index >= 15 is 0 Å². The zero-order valence-electron chi connectivity index (χ0n) is 19.5. The maximum absolute atomic E-state index is 12.1. The molecule has 1 saturated heterocycles. The number of nitrogens with zero attached hydrogens (tertiary/aromatic N) is 6. The topological polar surface area (TPSA) is 90.7 Å². The Labute approximate surface area is 190 Å². The monoisotopic (exact) mass is 440 g/mol. The number of likely N-dealkylation sites (N-methyl/N-ethyl adjacent to an activating group) is 1. The van der Waals surface area contributed by atoms with Crippen LogP contribution >= 0.6 is 0 Å². The Kier molecular flexibility index (Phi) is 9.03. The molecule has 0 radical (unpaired) electrons. The average molecular weight is 441 g/mol. The molecule has 2 heterocycles. The number of aliphatic imine (C=N–C) groups is 1. The van der Waals surface area contributed by atoms with E-state index in [1.807, 2.05) is 4.57 Å². The number of hydrogen-bond donors (Lipinski definition) is 2. The van der Waals surface area contributed by atoms with Crippen LogP contribution in [0.2, 0.25) is 0 Å². The van der Waals surface area contributed by atoms with Crippen molar-refractivity contribution in [2.45, 2.75) is 38.8 Å². The highest BCUT2D eigenvalue weighted by Gasteiger charge is 2.23. The van der Waals surface area contributed by atoms with Crippen LogP contribution in [0.1, 0.15) is 37.2 Å². The van der Waals surface area contributed by atoms with E-state index in [-0.39, 0.29) is 18.5 Å². The van der Waals surface area contributed by atoms with Gasteiger partial charge in [0.15, 0.2) is 5.96 Å². The van der Waals surface area contributed by atoms with Gasteiger partial charge in [-0.25, -0.2) is 4.99 Å². The highest BCUT2D eigenvalue weighted by Crippen LogP contribution is 2.24. The van der Waals surface area contributed by atoms with E-state index in [4.69, 9.17) is 0 Å². The van der Waals surface area contributed by atoms with Gasteiger partial charge in [0.1, 0.15) is 18.7 Å². The number of rotatable bonds is 10. The van der Waals surface area contributed by atoms with Crippen molar-refractivity contribution >= 4 is 11.9 Å². The first-order chi connectivity index (χ1) is 15.6. The van der Waals surface area contributed by atoms with Crippen LogP contribution in [0.15, 0.2) is 41.7 Å². The predicted molar refractivity (Wildman–Crippen MR) is 126 cm³/mol. The molecular formula is C23H36N8O. The summed E-state index contributed by atoms with van der Waals surface area (Å²) in [7, 11) is 3.49. The zero-order chi connectivity index (χ0) is 22.8. The highest BCUT2D eigenvalue weighted by atomic mass is 16.2. The second kappa shape index (κ2) is 12.2. The summed E-state index contributed by atoms with van der Waals surface area (Å²) >= 11 is 0. The minimum Gasteiger partial charge on any atom is -0.355 e. The van der Waals surface area contributed by atoms with Gasteiger partial charge in [-0.1, -0.05) is 37.3 Å². The van der Waals surface area contributed by atoms with Crippen LogP contribution in [-0.2, 0) is 17.8 Å². The highest BCUT2D eigenvalue weighted by molar-refractivity contribution is 5.84. The molecule has 1 aliphatic rings. The molecule has 0 saturated carbocycles. The lowest BCUT2D eigenvalue weighted by atomic mass is 10.1. The van der Waals surface area contributed by atoms with Gasteiger partial charge in [0, 0.05) is 40.2 Å². The maximum Gasteiger partial charge on any atom is 0.243 e. The third kappa shape index (κ3) is 6.78. The molecule has 1 fully saturated rings. The SMILES string of the molecule is CCc1nncn1CCNC(=NCC(=O)N(C)C)NCC(c1ccccc1)N1CCCC1. The normalized spacial score (nSPS) is 15.5. The molecule has 174 valence electrons. The Bertz CT molecular complexity index is 858. The van der Waals surface area contributed by atoms with Crippen molar-refractivity contribution < 1.29 is 4.79 Å². The Morgan fingerprint density at radius 3 is 2.62 bits per heavy atom. The van der Waals surface area contributed by atoms with Gasteiger partial charge in [-0.2, -0.15) is 0 Å². The van der Waals surface area contributed by atoms with Crippen LogP contribution in [0, 0.1) is 0 Å². The van der Waals surface area contributed by atoms with Crippen LogP contribution in [-0.4, -0.2) is 83.3 Å². The summed E-state index contributed by atoms with van der Waals surface area (Å²) in [6, 6.07) is 10.9. The minimum atomic E-state index is -0.0302. The summed E-state index contributed by atoms with van der Waals surface area (Å²) in [5, 5.41) is 15.0. The fourth-order valence-corrected chi connectivity index (χ4v) is 3.88. The second-order valence-electron chi connectivity index (χ2n) is 8.22. The van der Waals surface area contributed by atoms with Crippen LogP contribution in [0.5, 0.6) is 0 Å². The van der Waals surface area contributed by atoms with Crippen LogP contribution in [0.3, 0.4) is 0 Å². The van der Waals surface area contributed by atoms with E-state index in [1.165, 1.54) is 18.4 Å². The molecule has 2 aromatic rings. The van der Waals surface area contributed by atoms with Crippen molar-refractivity contribution in [2.24, 2.45) is 4.99 Å². The predicted octanol–water partition coefficient (Wildman–Crippen LogP) is 1.30. The summed E-state index contributed by atoms with van der Waals surface area (Å²) in [4.78, 5) is 20.7. The second-order valence-corrected chi connectivity index (χ2v) is 8.22. The van der Waals surface area contributed by atoms with Gasteiger partial charge in [0.2, 0.25) is 5.91 Å². The average Bonchev–Trinajstić information content (AvgIpc) is 3.49. The zero-order valence-corrected chi connectivity index (χ0v) is 19.5. The molecule has 0 bridgehead atoms. The molecule has 1 aliphatic heterocycles. The Morgan fingerprint density at radius 2 is 1.94 bits per heavy atom. The first kappa shape index (κ1) is 23.7. The summed E-state index contributed by atoms with van der Waals surface area (Å²) in [5.41, 5.74) is 1.29. The van der Waals surface area contributed by atoms with Crippen molar-refractivity contribution in [2.75, 3.05) is 46.8 Å². The first-order valence-corrected chi connectivity index (χ1v) is 11.5. The minimum absolute atomic E-state index is 0.0302. The number of likely N-dealkylation sites (tertiary alicyclic amines) is 1. The summed E-state index contributed by atoms with van der Waals surface area (Å²) < 4.78 is 2.03. The van der Waals surface area contributed by atoms with E-state index in [1.54, 1.807) is 25.3 Å². The third-order valence-electron chi connectivity index (χ3n) is 5.76. The van der Waals surface area contributed by atoms with Gasteiger partial charge < -0.3 is 20.1 Å². The standard InChI is InChI=1S/C23H36N8O/c1-4-21-28-27-18-31(21)15-12-24-23(26-17-22(32)29(2)3)25-16-20(30-13-8-9-14-30)19-10-6-5-7-11-19/h5-7,10-11,18,20H,4,8-9,12-17H2,1-3H3,(H2,24,25,26). The van der Waals surface area contributed by atoms with Crippen LogP contribution in [0.25, 0.3) is 0 Å². The largest absolute Gasteiger partial charge is 0.355 e. The first-order valence-electron chi connectivity index (χ1n) is 11.5. The third-order valence-corrected chi connectivity index (χ3v) is 5.76. The summed E-state index contributed by atoms with van der Waals surface area (Å²) in [6.07, 6.45) is 5.06. The molecular weight excluding hydrogens is 404 g/mol. The van der Waals surface area contributed by atoms with Crippen molar-refractivity contribution in [1.82, 2.24) is 35.2 Å². The molecule has 32 heavy (non-hydrogen) atoms. The lowest BCUT2D eigenvalue weighted by Gasteiger charge is -2.29. The number of guanidine groups is 1. The molecule has 1 unspecified atom stereocenters. The van der Waals surface area contributed by atoms with Gasteiger partial charge in [-0.15, -0.1) is 10.2 Å². The van der Waals surface area contributed by atoms with Gasteiger partial charge in [0.25, 0.3) is 0 Å². The molecule has 3 rings (SSSR count). The van der Waals surface area contributed by atoms with E-state index < -0.39 is 0 Å². The number of aryl methyl sites for hydroxylation is 1. The van der Waals surface area contributed by atoms with Crippen LogP contribution in [0.4, 0.5) is 0 Å². The number of carbonyl (C=O) groups is 1. The number of hydrogen-bond acceptors (Lipinski definition) is 5. The molecule has 0 aliphatic carbocycles. The molecule has 2 N–H and O–H groups in total. The summed E-state index contributed by atoms with van der Waals surface area (Å²) in [5.74, 6) is 1.57. The molecule has 9 heteroatoms. The van der Waals surface area contributed by atoms with E-state index in [2.05, 4.69) is 68.0 Å². The van der Waals surface area contributed by atoms with Gasteiger partial charge >= 0.3 is 0 Å². The van der Waals surface area contributed by atoms with Crippen molar-refractivity contribution in [1.29, 1.82) is 0 Å². The number of carbonyl (C=O) groups excluding carboxylic acids is 1. The lowest BCUT2D eigenvalue weighted by Crippen LogP contribution is -2.44. The van der Waals surface area contributed by atoms with Crippen molar-refractivity contribution in [3.05, 3.63) is 48.0 Å². The fourth-order valence-electron chi connectivity index (χ4n) is 3.88. The molecule has 1 aromatic carbocycles. The van der Waals surface area contributed by atoms with Crippen LogP contribution < -0.4 is 10.6 Å². The number of nitrogens with one attached hydrogen (secondary N) is 2. The van der Waals surface area contributed by atoms with Gasteiger partial charge in [-0.3, -0.25) is 9.69 Å². The molecule has 0 spiro atoms. The Balaban J connectivity index is 1.65. The number of aromatic nitrogens is 3. The fraction of sp³-hybridized carbons (Fsp3) is 0.565. The van der Waals surface area contributed by atoms with Crippen molar-refractivity contribution in [3.63, 3.8) is 0 Å². The lowest BCUT2D eigenvalue weighted by molar-refractivity contribution is -0.127. The van der Waals surface area contributed by atoms with Gasteiger partial charge in [-0.05, 0) is 31.5 Å². The van der Waals surface area contributed by atoms with E-state index in [9.17, 15) is 4.79 Å². The Morgan fingerprint density at radius 1 is 1.19 bits per heavy atom. The maximum atomic E-state index is 12.1. The Hall–Kier alpha value is -2.94. The number of benzene rings is 1. The van der Waals surface area contributed by atoms with Crippen molar-refractivity contribution in [3.8, 4) is 0 Å². The van der Waals surface area contributed by atoms with E-state index in [0.717, 1.165) is 38.4 Å². The molecule has 9 nitrogen and oxygen atoms in total. The van der Waals surface area contributed by atoms with E-state index in [0.29, 0.717) is 12.5 Å². The molecule has 1 atom stereocenters. The quantitative estimate of drug-likeness (QED) is 0.428. The van der Waals surface area contributed by atoms with Gasteiger partial charge in [0.05, 0.1) is 6.04 Å². The number of amides is 1. The molecule has 1 aromatic heterocycles. The smallest absolute Gasteiger partial charge is 0.243 e. The molecule has 1 amide bonds. The summed E-state index contributed by atoms with van der Waals surface area (Å²) in [6.45, 7) is 6.49.